The Kier molecular flexibility index (Phi) is 5.30. The van der Waals surface area contributed by atoms with E-state index in [-0.39, 0.29) is 23.7 Å². The number of aliphatic hydroxyl groups excluding tert-OH is 1. The molecule has 4 rings (SSSR count). The fourth-order valence-electron chi connectivity index (χ4n) is 3.97. The zero-order valence-electron chi connectivity index (χ0n) is 15.1. The molecule has 1 unspecified atom stereocenters. The number of fused-ring (bicyclic) bond motifs is 1. The molecule has 1 N–H and O–H groups in total. The molecule has 0 aliphatic carbocycles. The molecule has 1 aliphatic heterocycles. The lowest BCUT2D eigenvalue weighted by Gasteiger charge is -2.37. The first-order chi connectivity index (χ1) is 13.1. The molecule has 0 saturated carbocycles. The molecule has 1 fully saturated rings. The fraction of sp³-hybridized carbons (Fsp3) is 0.400. The molecule has 0 radical (unpaired) electrons. The van der Waals surface area contributed by atoms with Gasteiger partial charge in [-0.3, -0.25) is 0 Å². The van der Waals surface area contributed by atoms with Gasteiger partial charge in [-0.25, -0.2) is 9.37 Å². The number of anilines is 1. The van der Waals surface area contributed by atoms with Crippen LogP contribution in [0.25, 0.3) is 21.3 Å². The second-order valence-corrected chi connectivity index (χ2v) is 8.43. The minimum Gasteiger partial charge on any atom is -0.396 e. The molecule has 2 aromatic heterocycles. The molecule has 1 saturated heterocycles. The molecule has 1 aromatic carbocycles. The SMILES string of the molecule is Cc1sc2nc(Cl)nc(N3CCCCC3CCO)c2c1-c1ccc(F)cc1. The van der Waals surface area contributed by atoms with E-state index in [1.54, 1.807) is 23.5 Å². The highest BCUT2D eigenvalue weighted by molar-refractivity contribution is 7.19. The Labute approximate surface area is 166 Å². The highest BCUT2D eigenvalue weighted by Gasteiger charge is 2.28. The molecule has 1 aliphatic rings. The van der Waals surface area contributed by atoms with Crippen molar-refractivity contribution < 1.29 is 9.50 Å². The van der Waals surface area contributed by atoms with E-state index in [1.807, 2.05) is 6.92 Å². The number of benzene rings is 1. The zero-order valence-corrected chi connectivity index (χ0v) is 16.7. The number of hydrogen-bond acceptors (Lipinski definition) is 5. The van der Waals surface area contributed by atoms with Gasteiger partial charge >= 0.3 is 0 Å². The van der Waals surface area contributed by atoms with E-state index >= 15 is 0 Å². The maximum absolute atomic E-state index is 13.4. The molecule has 4 nitrogen and oxygen atoms in total. The van der Waals surface area contributed by atoms with Gasteiger partial charge in [0, 0.05) is 29.6 Å². The van der Waals surface area contributed by atoms with Crippen molar-refractivity contribution in [1.82, 2.24) is 9.97 Å². The minimum atomic E-state index is -0.255. The number of piperidine rings is 1. The second-order valence-electron chi connectivity index (χ2n) is 6.89. The number of rotatable bonds is 4. The third kappa shape index (κ3) is 3.53. The van der Waals surface area contributed by atoms with Gasteiger partial charge in [0.2, 0.25) is 5.28 Å². The van der Waals surface area contributed by atoms with Crippen molar-refractivity contribution >= 4 is 39.0 Å². The molecular weight excluding hydrogens is 385 g/mol. The summed E-state index contributed by atoms with van der Waals surface area (Å²) in [6.45, 7) is 3.08. The Bertz CT molecular complexity index is 958. The summed E-state index contributed by atoms with van der Waals surface area (Å²) in [6.07, 6.45) is 3.97. The van der Waals surface area contributed by atoms with Crippen LogP contribution in [-0.2, 0) is 0 Å². The van der Waals surface area contributed by atoms with Gasteiger partial charge in [-0.2, -0.15) is 4.98 Å². The smallest absolute Gasteiger partial charge is 0.225 e. The van der Waals surface area contributed by atoms with Crippen LogP contribution in [0.4, 0.5) is 10.2 Å². The van der Waals surface area contributed by atoms with Crippen LogP contribution in [0.5, 0.6) is 0 Å². The summed E-state index contributed by atoms with van der Waals surface area (Å²) in [5.41, 5.74) is 1.98. The van der Waals surface area contributed by atoms with Crippen LogP contribution >= 0.6 is 22.9 Å². The lowest BCUT2D eigenvalue weighted by molar-refractivity contribution is 0.262. The van der Waals surface area contributed by atoms with Crippen molar-refractivity contribution in [2.45, 2.75) is 38.6 Å². The number of aliphatic hydroxyl groups is 1. The number of aryl methyl sites for hydroxylation is 1. The molecular formula is C20H21ClFN3OS. The second kappa shape index (κ2) is 7.70. The zero-order chi connectivity index (χ0) is 19.0. The van der Waals surface area contributed by atoms with Gasteiger partial charge in [-0.15, -0.1) is 11.3 Å². The molecule has 7 heteroatoms. The number of thiophene rings is 1. The first-order valence-corrected chi connectivity index (χ1v) is 10.4. The predicted molar refractivity (Wildman–Crippen MR) is 109 cm³/mol. The third-order valence-corrected chi connectivity index (χ3v) is 6.34. The van der Waals surface area contributed by atoms with Gasteiger partial charge in [0.15, 0.2) is 0 Å². The molecule has 142 valence electrons. The van der Waals surface area contributed by atoms with E-state index in [0.717, 1.165) is 57.8 Å². The van der Waals surface area contributed by atoms with Crippen LogP contribution in [-0.4, -0.2) is 34.3 Å². The maximum atomic E-state index is 13.4. The average molecular weight is 406 g/mol. The summed E-state index contributed by atoms with van der Waals surface area (Å²) >= 11 is 7.83. The normalized spacial score (nSPS) is 17.6. The van der Waals surface area contributed by atoms with Gasteiger partial charge in [-0.05, 0) is 61.9 Å². The van der Waals surface area contributed by atoms with Crippen molar-refractivity contribution in [3.05, 3.63) is 40.2 Å². The van der Waals surface area contributed by atoms with Crippen LogP contribution in [0, 0.1) is 12.7 Å². The Morgan fingerprint density at radius 1 is 1.26 bits per heavy atom. The van der Waals surface area contributed by atoms with Crippen LogP contribution in [0.3, 0.4) is 0 Å². The van der Waals surface area contributed by atoms with Gasteiger partial charge in [0.1, 0.15) is 16.5 Å². The highest BCUT2D eigenvalue weighted by atomic mass is 35.5. The minimum absolute atomic E-state index is 0.149. The molecule has 1 atom stereocenters. The highest BCUT2D eigenvalue weighted by Crippen LogP contribution is 2.43. The fourth-order valence-corrected chi connectivity index (χ4v) is 5.22. The van der Waals surface area contributed by atoms with Gasteiger partial charge in [0.25, 0.3) is 0 Å². The van der Waals surface area contributed by atoms with E-state index in [9.17, 15) is 9.50 Å². The van der Waals surface area contributed by atoms with Crippen LogP contribution in [0.2, 0.25) is 5.28 Å². The van der Waals surface area contributed by atoms with Crippen molar-refractivity contribution in [3.8, 4) is 11.1 Å². The summed E-state index contributed by atoms with van der Waals surface area (Å²) in [5, 5.41) is 10.7. The Balaban J connectivity index is 1.93. The summed E-state index contributed by atoms with van der Waals surface area (Å²) in [4.78, 5) is 13.3. The molecule has 0 bridgehead atoms. The van der Waals surface area contributed by atoms with Gasteiger partial charge < -0.3 is 10.0 Å². The predicted octanol–water partition coefficient (Wildman–Crippen LogP) is 5.20. The lowest BCUT2D eigenvalue weighted by Crippen LogP contribution is -2.40. The standard InChI is InChI=1S/C20H21ClFN3OS/c1-12-16(13-5-7-14(22)8-6-13)17-18(23-20(21)24-19(17)27-12)25-10-3-2-4-15(25)9-11-26/h5-8,15,26H,2-4,9-11H2,1H3. The Morgan fingerprint density at radius 3 is 2.78 bits per heavy atom. The molecule has 0 spiro atoms. The molecule has 3 aromatic rings. The molecule has 3 heterocycles. The largest absolute Gasteiger partial charge is 0.396 e. The first-order valence-electron chi connectivity index (χ1n) is 9.18. The number of hydrogen-bond donors (Lipinski definition) is 1. The van der Waals surface area contributed by atoms with E-state index in [2.05, 4.69) is 14.9 Å². The number of halogens is 2. The van der Waals surface area contributed by atoms with Crippen LogP contribution in [0.1, 0.15) is 30.6 Å². The van der Waals surface area contributed by atoms with E-state index in [1.165, 1.54) is 12.1 Å². The van der Waals surface area contributed by atoms with Crippen molar-refractivity contribution in [1.29, 1.82) is 0 Å². The van der Waals surface area contributed by atoms with E-state index in [0.29, 0.717) is 6.42 Å². The number of aromatic nitrogens is 2. The summed E-state index contributed by atoms with van der Waals surface area (Å²) in [7, 11) is 0. The topological polar surface area (TPSA) is 49.2 Å². The van der Waals surface area contributed by atoms with Crippen molar-refractivity contribution in [2.75, 3.05) is 18.1 Å². The lowest BCUT2D eigenvalue weighted by atomic mass is 9.98. The monoisotopic (exact) mass is 405 g/mol. The van der Waals surface area contributed by atoms with E-state index in [4.69, 9.17) is 11.6 Å². The summed E-state index contributed by atoms with van der Waals surface area (Å²) in [6, 6.07) is 6.78. The first kappa shape index (κ1) is 18.6. The van der Waals surface area contributed by atoms with Gasteiger partial charge in [0.05, 0.1) is 5.39 Å². The van der Waals surface area contributed by atoms with Crippen LogP contribution in [0.15, 0.2) is 24.3 Å². The summed E-state index contributed by atoms with van der Waals surface area (Å²) in [5.74, 6) is 0.571. The van der Waals surface area contributed by atoms with Gasteiger partial charge in [-0.1, -0.05) is 12.1 Å². The van der Waals surface area contributed by atoms with Crippen molar-refractivity contribution in [2.24, 2.45) is 0 Å². The quantitative estimate of drug-likeness (QED) is 0.606. The third-order valence-electron chi connectivity index (χ3n) is 5.18. The van der Waals surface area contributed by atoms with Crippen LogP contribution < -0.4 is 4.90 Å². The molecule has 0 amide bonds. The Hall–Kier alpha value is -1.76. The molecule has 27 heavy (non-hydrogen) atoms. The number of nitrogens with zero attached hydrogens (tertiary/aromatic N) is 3. The average Bonchev–Trinajstić information content (AvgIpc) is 2.98. The maximum Gasteiger partial charge on any atom is 0.225 e. The Morgan fingerprint density at radius 2 is 2.04 bits per heavy atom. The van der Waals surface area contributed by atoms with Crippen molar-refractivity contribution in [3.63, 3.8) is 0 Å². The summed E-state index contributed by atoms with van der Waals surface area (Å²) < 4.78 is 13.4. The van der Waals surface area contributed by atoms with E-state index < -0.39 is 0 Å².